The lowest BCUT2D eigenvalue weighted by Crippen LogP contribution is -2.43. The summed E-state index contributed by atoms with van der Waals surface area (Å²) in [7, 11) is 0. The van der Waals surface area contributed by atoms with Crippen LogP contribution in [0.4, 0.5) is 0 Å². The van der Waals surface area contributed by atoms with Crippen LogP contribution >= 0.6 is 0 Å². The smallest absolute Gasteiger partial charge is 0.119 e. The van der Waals surface area contributed by atoms with E-state index < -0.39 is 0 Å². The fourth-order valence-electron chi connectivity index (χ4n) is 2.24. The van der Waals surface area contributed by atoms with E-state index in [0.29, 0.717) is 12.2 Å². The highest BCUT2D eigenvalue weighted by molar-refractivity contribution is 5.57. The van der Waals surface area contributed by atoms with E-state index in [1.165, 1.54) is 25.7 Å². The minimum absolute atomic E-state index is 0.488. The third-order valence-electron chi connectivity index (χ3n) is 3.22. The maximum absolute atomic E-state index is 4.52. The Morgan fingerprint density at radius 1 is 1.19 bits per heavy atom. The summed E-state index contributed by atoms with van der Waals surface area (Å²) in [5.74, 6) is 0. The fourth-order valence-corrected chi connectivity index (χ4v) is 2.24. The van der Waals surface area contributed by atoms with E-state index in [2.05, 4.69) is 42.7 Å². The lowest BCUT2D eigenvalue weighted by atomic mass is 10.2. The van der Waals surface area contributed by atoms with Gasteiger partial charge in [0.05, 0.1) is 0 Å². The van der Waals surface area contributed by atoms with Crippen LogP contribution in [0.15, 0.2) is 5.10 Å². The van der Waals surface area contributed by atoms with Gasteiger partial charge in [-0.2, -0.15) is 5.10 Å². The van der Waals surface area contributed by atoms with E-state index in [9.17, 15) is 0 Å². The summed E-state index contributed by atoms with van der Waals surface area (Å²) >= 11 is 0. The molecule has 3 nitrogen and oxygen atoms in total. The molecule has 1 aliphatic heterocycles. The van der Waals surface area contributed by atoms with Gasteiger partial charge < -0.3 is 4.90 Å². The molecule has 0 aliphatic carbocycles. The number of hydrogen-bond donors (Lipinski definition) is 0. The van der Waals surface area contributed by atoms with Crippen LogP contribution in [0.1, 0.15) is 59.8 Å². The molecule has 0 aromatic rings. The summed E-state index contributed by atoms with van der Waals surface area (Å²) in [6.45, 7) is 10.1. The molecule has 0 fully saturated rings. The number of hydrazone groups is 1. The zero-order chi connectivity index (χ0) is 12.0. The van der Waals surface area contributed by atoms with Gasteiger partial charge in [-0.25, -0.2) is 0 Å². The van der Waals surface area contributed by atoms with Gasteiger partial charge in [0, 0.05) is 12.6 Å². The molecule has 0 saturated heterocycles. The summed E-state index contributed by atoms with van der Waals surface area (Å²) in [6, 6.07) is 0.550. The van der Waals surface area contributed by atoms with Crippen molar-refractivity contribution in [3.63, 3.8) is 0 Å². The molecule has 1 rings (SSSR count). The van der Waals surface area contributed by atoms with Crippen molar-refractivity contribution in [3.05, 3.63) is 0 Å². The van der Waals surface area contributed by atoms with Crippen LogP contribution in [0.3, 0.4) is 0 Å². The first-order chi connectivity index (χ1) is 7.70. The van der Waals surface area contributed by atoms with E-state index >= 15 is 0 Å². The van der Waals surface area contributed by atoms with Gasteiger partial charge in [0.1, 0.15) is 12.5 Å². The van der Waals surface area contributed by atoms with Gasteiger partial charge in [0.2, 0.25) is 0 Å². The number of rotatable bonds is 7. The Balaban J connectivity index is 2.34. The van der Waals surface area contributed by atoms with Crippen LogP contribution in [-0.4, -0.2) is 35.0 Å². The molecule has 94 valence electrons. The molecule has 0 amide bonds. The molecule has 1 aliphatic rings. The fraction of sp³-hybridized carbons (Fsp3) is 0.923. The van der Waals surface area contributed by atoms with Crippen molar-refractivity contribution in [3.8, 4) is 0 Å². The van der Waals surface area contributed by atoms with Gasteiger partial charge in [-0.05, 0) is 26.7 Å². The van der Waals surface area contributed by atoms with E-state index in [1.807, 2.05) is 6.34 Å². The van der Waals surface area contributed by atoms with E-state index in [0.717, 1.165) is 13.0 Å². The third-order valence-corrected chi connectivity index (χ3v) is 3.22. The van der Waals surface area contributed by atoms with Crippen LogP contribution in [0.25, 0.3) is 0 Å². The van der Waals surface area contributed by atoms with Crippen molar-refractivity contribution >= 4 is 6.34 Å². The zero-order valence-electron chi connectivity index (χ0n) is 11.3. The highest BCUT2D eigenvalue weighted by atomic mass is 15.6. The molecule has 3 heteroatoms. The van der Waals surface area contributed by atoms with Gasteiger partial charge in [-0.3, -0.25) is 5.01 Å². The van der Waals surface area contributed by atoms with Crippen LogP contribution in [-0.2, 0) is 0 Å². The normalized spacial score (nSPS) is 20.2. The van der Waals surface area contributed by atoms with Gasteiger partial charge in [0.15, 0.2) is 0 Å². The molecule has 0 radical (unpaired) electrons. The second kappa shape index (κ2) is 6.77. The Labute approximate surface area is 100 Å². The first-order valence-corrected chi connectivity index (χ1v) is 6.78. The summed E-state index contributed by atoms with van der Waals surface area (Å²) < 4.78 is 0. The first-order valence-electron chi connectivity index (χ1n) is 6.78. The van der Waals surface area contributed by atoms with E-state index in [4.69, 9.17) is 0 Å². The van der Waals surface area contributed by atoms with Crippen molar-refractivity contribution in [2.45, 2.75) is 72.0 Å². The summed E-state index contributed by atoms with van der Waals surface area (Å²) in [4.78, 5) is 2.36. The van der Waals surface area contributed by atoms with E-state index in [1.54, 1.807) is 0 Å². The molecule has 0 saturated carbocycles. The standard InChI is InChI=1S/C13H27N3/c1-5-7-8-9-10-16-13(6-2)15(11-14-16)12(3)4/h11-13H,5-10H2,1-4H3. The molecular weight excluding hydrogens is 198 g/mol. The predicted octanol–water partition coefficient (Wildman–Crippen LogP) is 3.27. The number of hydrogen-bond acceptors (Lipinski definition) is 3. The van der Waals surface area contributed by atoms with Gasteiger partial charge in [-0.15, -0.1) is 0 Å². The van der Waals surface area contributed by atoms with E-state index in [-0.39, 0.29) is 0 Å². The molecule has 0 N–H and O–H groups in total. The maximum atomic E-state index is 4.52. The molecule has 0 aromatic carbocycles. The van der Waals surface area contributed by atoms with Crippen LogP contribution in [0.5, 0.6) is 0 Å². The summed E-state index contributed by atoms with van der Waals surface area (Å²) in [5, 5.41) is 6.78. The Morgan fingerprint density at radius 3 is 2.50 bits per heavy atom. The molecule has 1 unspecified atom stereocenters. The second-order valence-electron chi connectivity index (χ2n) is 4.88. The molecule has 0 aromatic heterocycles. The largest absolute Gasteiger partial charge is 0.337 e. The van der Waals surface area contributed by atoms with Crippen LogP contribution in [0, 0.1) is 0 Å². The monoisotopic (exact) mass is 225 g/mol. The minimum Gasteiger partial charge on any atom is -0.337 e. The summed E-state index contributed by atoms with van der Waals surface area (Å²) in [5.41, 5.74) is 0. The Morgan fingerprint density at radius 2 is 1.94 bits per heavy atom. The maximum Gasteiger partial charge on any atom is 0.119 e. The minimum atomic E-state index is 0.488. The van der Waals surface area contributed by atoms with Crippen LogP contribution in [0.2, 0.25) is 0 Å². The second-order valence-corrected chi connectivity index (χ2v) is 4.88. The number of unbranched alkanes of at least 4 members (excludes halogenated alkanes) is 3. The molecular formula is C13H27N3. The van der Waals surface area contributed by atoms with Crippen molar-refractivity contribution in [1.82, 2.24) is 9.91 Å². The Hall–Kier alpha value is -0.730. The third kappa shape index (κ3) is 3.39. The van der Waals surface area contributed by atoms with Crippen LogP contribution < -0.4 is 0 Å². The highest BCUT2D eigenvalue weighted by Gasteiger charge is 2.27. The molecule has 1 heterocycles. The van der Waals surface area contributed by atoms with Crippen molar-refractivity contribution in [2.75, 3.05) is 6.54 Å². The highest BCUT2D eigenvalue weighted by Crippen LogP contribution is 2.19. The Kier molecular flexibility index (Phi) is 5.64. The topological polar surface area (TPSA) is 18.8 Å². The summed E-state index contributed by atoms with van der Waals surface area (Å²) in [6.07, 6.45) is 8.90. The SMILES string of the molecule is CCCCCCN1N=CN(C(C)C)C1CC. The quantitative estimate of drug-likeness (QED) is 0.619. The predicted molar refractivity (Wildman–Crippen MR) is 70.4 cm³/mol. The van der Waals surface area contributed by atoms with Gasteiger partial charge in [0.25, 0.3) is 0 Å². The van der Waals surface area contributed by atoms with Crippen molar-refractivity contribution < 1.29 is 0 Å². The van der Waals surface area contributed by atoms with Crippen molar-refractivity contribution in [1.29, 1.82) is 0 Å². The lowest BCUT2D eigenvalue weighted by Gasteiger charge is -2.32. The average molecular weight is 225 g/mol. The first kappa shape index (κ1) is 13.3. The molecule has 0 bridgehead atoms. The molecule has 16 heavy (non-hydrogen) atoms. The zero-order valence-corrected chi connectivity index (χ0v) is 11.3. The Bertz CT molecular complexity index is 213. The molecule has 0 spiro atoms. The van der Waals surface area contributed by atoms with Gasteiger partial charge in [-0.1, -0.05) is 33.1 Å². The van der Waals surface area contributed by atoms with Crippen molar-refractivity contribution in [2.24, 2.45) is 5.10 Å². The van der Waals surface area contributed by atoms with Gasteiger partial charge >= 0.3 is 0 Å². The average Bonchev–Trinajstić information content (AvgIpc) is 2.67. The lowest BCUT2D eigenvalue weighted by molar-refractivity contribution is 0.107. The number of nitrogens with zero attached hydrogens (tertiary/aromatic N) is 3. The molecule has 1 atom stereocenters.